The fourth-order valence-corrected chi connectivity index (χ4v) is 5.28. The van der Waals surface area contributed by atoms with Gasteiger partial charge in [-0.1, -0.05) is 39.0 Å². The summed E-state index contributed by atoms with van der Waals surface area (Å²) >= 11 is 0.790. The van der Waals surface area contributed by atoms with Crippen LogP contribution in [0.2, 0.25) is 0 Å². The molecule has 0 amide bonds. The number of hydrogen-bond donors (Lipinski definition) is 1. The number of anilines is 2. The number of nitrogens with zero attached hydrogens (tertiary/aromatic N) is 5. The van der Waals surface area contributed by atoms with Gasteiger partial charge in [0.25, 0.3) is 5.13 Å². The van der Waals surface area contributed by atoms with E-state index in [2.05, 4.69) is 25.3 Å². The summed E-state index contributed by atoms with van der Waals surface area (Å²) in [5, 5.41) is 15.3. The average molecular weight is 577 g/mol. The molecule has 1 N–H and O–H groups in total. The molecule has 0 aliphatic carbocycles. The Kier molecular flexibility index (Phi) is 9.34. The number of sulfonamides is 1. The number of halogens is 3. The molecule has 0 radical (unpaired) electrons. The van der Waals surface area contributed by atoms with Crippen molar-refractivity contribution in [3.63, 3.8) is 0 Å². The quantitative estimate of drug-likeness (QED) is 0.258. The minimum Gasteiger partial charge on any atom is -0.460 e. The lowest BCUT2D eigenvalue weighted by atomic mass is 9.92. The van der Waals surface area contributed by atoms with Crippen LogP contribution in [0.25, 0.3) is 0 Å². The van der Waals surface area contributed by atoms with Crippen molar-refractivity contribution in [1.29, 1.82) is 0 Å². The number of rotatable bonds is 10. The summed E-state index contributed by atoms with van der Waals surface area (Å²) in [6, 6.07) is 3.16. The summed E-state index contributed by atoms with van der Waals surface area (Å²) < 4.78 is 70.4. The molecule has 0 saturated carbocycles. The summed E-state index contributed by atoms with van der Waals surface area (Å²) in [5.74, 6) is -0.557. The predicted molar refractivity (Wildman–Crippen MR) is 139 cm³/mol. The van der Waals surface area contributed by atoms with E-state index in [4.69, 9.17) is 4.74 Å². The topological polar surface area (TPSA) is 126 Å². The molecule has 38 heavy (non-hydrogen) atoms. The first-order valence-corrected chi connectivity index (χ1v) is 14.5. The summed E-state index contributed by atoms with van der Waals surface area (Å²) in [6.45, 7) is 10.0. The SMILES string of the molecule is CCC(CC)N1c2cc(NS(=O)(=O)C(F)(F)F)c(N=Nc3nnc(C(=O)OCC(C)C)s3)cc2CCC1C. The summed E-state index contributed by atoms with van der Waals surface area (Å²) in [6.07, 6.45) is 3.06. The monoisotopic (exact) mass is 576 g/mol. The van der Waals surface area contributed by atoms with Crippen LogP contribution in [0.5, 0.6) is 0 Å². The van der Waals surface area contributed by atoms with E-state index >= 15 is 0 Å². The van der Waals surface area contributed by atoms with E-state index in [1.54, 1.807) is 4.72 Å². The average Bonchev–Trinajstić information content (AvgIpc) is 3.31. The molecule has 2 heterocycles. The molecule has 10 nitrogen and oxygen atoms in total. The van der Waals surface area contributed by atoms with E-state index in [0.717, 1.165) is 36.2 Å². The second-order valence-corrected chi connectivity index (χ2v) is 12.0. The van der Waals surface area contributed by atoms with Crippen molar-refractivity contribution >= 4 is 49.5 Å². The highest BCUT2D eigenvalue weighted by Gasteiger charge is 2.46. The number of carbonyl (C=O) groups is 1. The maximum absolute atomic E-state index is 13.2. The lowest BCUT2D eigenvalue weighted by Crippen LogP contribution is -2.44. The van der Waals surface area contributed by atoms with Crippen LogP contribution in [-0.2, 0) is 21.2 Å². The molecule has 0 spiro atoms. The highest BCUT2D eigenvalue weighted by Crippen LogP contribution is 2.42. The highest BCUT2D eigenvalue weighted by molar-refractivity contribution is 7.93. The number of aryl methyl sites for hydroxylation is 1. The minimum atomic E-state index is -5.72. The lowest BCUT2D eigenvalue weighted by molar-refractivity contribution is -0.0429. The largest absolute Gasteiger partial charge is 0.516 e. The van der Waals surface area contributed by atoms with Gasteiger partial charge in [-0.05, 0) is 56.2 Å². The van der Waals surface area contributed by atoms with Crippen LogP contribution in [0.1, 0.15) is 69.2 Å². The fraction of sp³-hybridized carbons (Fsp3) is 0.609. The van der Waals surface area contributed by atoms with Crippen molar-refractivity contribution in [1.82, 2.24) is 10.2 Å². The smallest absolute Gasteiger partial charge is 0.460 e. The minimum absolute atomic E-state index is 0.0453. The van der Waals surface area contributed by atoms with Gasteiger partial charge < -0.3 is 9.64 Å². The Bertz CT molecular complexity index is 1280. The van der Waals surface area contributed by atoms with Gasteiger partial charge in [-0.25, -0.2) is 4.79 Å². The van der Waals surface area contributed by atoms with Gasteiger partial charge in [-0.3, -0.25) is 4.72 Å². The molecule has 15 heteroatoms. The van der Waals surface area contributed by atoms with Crippen LogP contribution in [0, 0.1) is 5.92 Å². The second kappa shape index (κ2) is 11.9. The summed E-state index contributed by atoms with van der Waals surface area (Å²) in [4.78, 5) is 14.2. The van der Waals surface area contributed by atoms with Gasteiger partial charge in [0.1, 0.15) is 5.69 Å². The van der Waals surface area contributed by atoms with Crippen LogP contribution in [0.15, 0.2) is 22.4 Å². The van der Waals surface area contributed by atoms with Crippen molar-refractivity contribution in [2.45, 2.75) is 77.9 Å². The molecule has 1 aliphatic heterocycles. The van der Waals surface area contributed by atoms with Crippen molar-refractivity contribution in [2.75, 3.05) is 16.2 Å². The Balaban J connectivity index is 2.02. The molecule has 3 rings (SSSR count). The molecule has 0 saturated heterocycles. The molecular weight excluding hydrogens is 545 g/mol. The molecular formula is C23H31F3N6O4S2. The number of benzene rings is 1. The molecule has 2 aromatic rings. The van der Waals surface area contributed by atoms with E-state index in [9.17, 15) is 26.4 Å². The van der Waals surface area contributed by atoms with Crippen molar-refractivity contribution < 1.29 is 31.1 Å². The molecule has 1 atom stereocenters. The van der Waals surface area contributed by atoms with E-state index in [-0.39, 0.29) is 46.1 Å². The molecule has 1 aromatic carbocycles. The van der Waals surface area contributed by atoms with Crippen molar-refractivity contribution in [3.8, 4) is 0 Å². The standard InChI is InChI=1S/C23H31F3N6O4S2/c1-6-16(7-2)32-14(5)8-9-15-10-17(18(11-19(15)32)31-38(34,35)23(24,25)26)27-29-22-30-28-20(37-22)21(33)36-12-13(3)4/h10-11,13-14,16,31H,6-9,12H2,1-5H3. The van der Waals surface area contributed by atoms with Gasteiger partial charge in [-0.2, -0.15) is 21.6 Å². The van der Waals surface area contributed by atoms with Crippen LogP contribution in [-0.4, -0.2) is 48.8 Å². The Morgan fingerprint density at radius 3 is 2.53 bits per heavy atom. The van der Waals surface area contributed by atoms with Gasteiger partial charge >= 0.3 is 21.5 Å². The fourth-order valence-electron chi connectivity index (χ4n) is 4.15. The zero-order valence-corrected chi connectivity index (χ0v) is 23.4. The number of fused-ring (bicyclic) bond motifs is 1. The van der Waals surface area contributed by atoms with Crippen molar-refractivity contribution in [3.05, 3.63) is 22.7 Å². The van der Waals surface area contributed by atoms with E-state index in [1.807, 2.05) is 34.6 Å². The molecule has 1 aromatic heterocycles. The molecule has 210 valence electrons. The van der Waals surface area contributed by atoms with E-state index < -0.39 is 21.5 Å². The van der Waals surface area contributed by atoms with Gasteiger partial charge in [0.2, 0.25) is 5.01 Å². The second-order valence-electron chi connectivity index (χ2n) is 9.40. The first kappa shape index (κ1) is 29.7. The number of alkyl halides is 3. The number of aromatic nitrogens is 2. The first-order chi connectivity index (χ1) is 17.8. The van der Waals surface area contributed by atoms with Gasteiger partial charge in [0.05, 0.1) is 12.3 Å². The van der Waals surface area contributed by atoms with Crippen LogP contribution < -0.4 is 9.62 Å². The summed E-state index contributed by atoms with van der Waals surface area (Å²) in [5.41, 5.74) is -4.54. The lowest BCUT2D eigenvalue weighted by Gasteiger charge is -2.42. The number of hydrogen-bond acceptors (Lipinski definition) is 10. The van der Waals surface area contributed by atoms with E-state index in [0.29, 0.717) is 12.1 Å². The Labute approximate surface area is 223 Å². The third kappa shape index (κ3) is 6.79. The number of carbonyl (C=O) groups excluding carboxylic acids is 1. The molecule has 1 unspecified atom stereocenters. The normalized spacial score (nSPS) is 16.4. The van der Waals surface area contributed by atoms with Gasteiger partial charge in [0.15, 0.2) is 0 Å². The first-order valence-electron chi connectivity index (χ1n) is 12.2. The maximum atomic E-state index is 13.2. The Morgan fingerprint density at radius 2 is 1.92 bits per heavy atom. The zero-order valence-electron chi connectivity index (χ0n) is 21.7. The number of esters is 1. The van der Waals surface area contributed by atoms with Crippen LogP contribution >= 0.6 is 11.3 Å². The summed E-state index contributed by atoms with van der Waals surface area (Å²) in [7, 11) is -5.72. The molecule has 0 fully saturated rings. The van der Waals surface area contributed by atoms with Crippen molar-refractivity contribution in [2.24, 2.45) is 16.1 Å². The van der Waals surface area contributed by atoms with Crippen LogP contribution in [0.3, 0.4) is 0 Å². The van der Waals surface area contributed by atoms with E-state index in [1.165, 1.54) is 12.1 Å². The van der Waals surface area contributed by atoms with Gasteiger partial charge in [0, 0.05) is 17.8 Å². The maximum Gasteiger partial charge on any atom is 0.516 e. The predicted octanol–water partition coefficient (Wildman–Crippen LogP) is 6.36. The highest BCUT2D eigenvalue weighted by atomic mass is 32.2. The Hall–Kier alpha value is -2.81. The third-order valence-corrected chi connectivity index (χ3v) is 7.93. The van der Waals surface area contributed by atoms with Gasteiger partial charge in [-0.15, -0.1) is 20.4 Å². The number of nitrogens with one attached hydrogen (secondary N) is 1. The third-order valence-electron chi connectivity index (χ3n) is 6.05. The van der Waals surface area contributed by atoms with Crippen LogP contribution in [0.4, 0.5) is 35.4 Å². The molecule has 1 aliphatic rings. The molecule has 0 bridgehead atoms. The Morgan fingerprint density at radius 1 is 1.24 bits per heavy atom. The zero-order chi connectivity index (χ0) is 28.3. The number of azo groups is 1. The number of ether oxygens (including phenoxy) is 1.